The molecule has 1 N–H and O–H groups in total. The Kier molecular flexibility index (Phi) is 5.30. The first kappa shape index (κ1) is 16.5. The van der Waals surface area contributed by atoms with Gasteiger partial charge in [0.05, 0.1) is 12.0 Å². The van der Waals surface area contributed by atoms with Gasteiger partial charge < -0.3 is 10.1 Å². The van der Waals surface area contributed by atoms with Gasteiger partial charge >= 0.3 is 0 Å². The lowest BCUT2D eigenvalue weighted by Gasteiger charge is -2.10. The predicted molar refractivity (Wildman–Crippen MR) is 86.9 cm³/mol. The lowest BCUT2D eigenvalue weighted by atomic mass is 10.1. The Morgan fingerprint density at radius 1 is 1.26 bits per heavy atom. The number of nitro benzene ring substituents is 1. The van der Waals surface area contributed by atoms with Gasteiger partial charge in [-0.1, -0.05) is 23.8 Å². The zero-order valence-electron chi connectivity index (χ0n) is 13.0. The molecule has 0 aliphatic carbocycles. The second-order valence-corrected chi connectivity index (χ2v) is 5.13. The van der Waals surface area contributed by atoms with Gasteiger partial charge in [0.15, 0.2) is 0 Å². The number of carbonyl (C=O) groups excluding carboxylic acids is 1. The average Bonchev–Trinajstić information content (AvgIpc) is 2.55. The van der Waals surface area contributed by atoms with E-state index in [4.69, 9.17) is 4.74 Å². The maximum absolute atomic E-state index is 12.1. The number of nitro groups is 1. The van der Waals surface area contributed by atoms with Gasteiger partial charge in [0, 0.05) is 24.2 Å². The smallest absolute Gasteiger partial charge is 0.270 e. The van der Waals surface area contributed by atoms with Crippen LogP contribution >= 0.6 is 0 Å². The van der Waals surface area contributed by atoms with Crippen molar-refractivity contribution in [2.24, 2.45) is 0 Å². The third kappa shape index (κ3) is 4.29. The highest BCUT2D eigenvalue weighted by Gasteiger charge is 2.11. The van der Waals surface area contributed by atoms with Crippen molar-refractivity contribution in [3.63, 3.8) is 0 Å². The van der Waals surface area contributed by atoms with Crippen LogP contribution in [0.5, 0.6) is 5.75 Å². The number of hydrogen-bond acceptors (Lipinski definition) is 4. The van der Waals surface area contributed by atoms with Crippen LogP contribution in [0.3, 0.4) is 0 Å². The number of non-ortho nitro benzene ring substituents is 1. The Morgan fingerprint density at radius 3 is 2.74 bits per heavy atom. The molecule has 6 heteroatoms. The summed E-state index contributed by atoms with van der Waals surface area (Å²) in [5.74, 6) is 0.445. The Bertz CT molecular complexity index is 728. The normalized spacial score (nSPS) is 10.2. The number of aryl methyl sites for hydroxylation is 1. The quantitative estimate of drug-likeness (QED) is 0.656. The summed E-state index contributed by atoms with van der Waals surface area (Å²) in [6, 6.07) is 11.5. The number of nitrogens with one attached hydrogen (secondary N) is 1. The van der Waals surface area contributed by atoms with Crippen LogP contribution in [-0.2, 0) is 6.42 Å². The van der Waals surface area contributed by atoms with Gasteiger partial charge in [0.1, 0.15) is 5.75 Å². The van der Waals surface area contributed by atoms with E-state index < -0.39 is 4.92 Å². The van der Waals surface area contributed by atoms with Crippen molar-refractivity contribution >= 4 is 11.6 Å². The predicted octanol–water partition coefficient (Wildman–Crippen LogP) is 2.88. The first-order chi connectivity index (χ1) is 11.0. The fraction of sp³-hybridized carbons (Fsp3) is 0.235. The van der Waals surface area contributed by atoms with Gasteiger partial charge in [0.2, 0.25) is 0 Å². The third-order valence-corrected chi connectivity index (χ3v) is 3.43. The van der Waals surface area contributed by atoms with E-state index >= 15 is 0 Å². The lowest BCUT2D eigenvalue weighted by Crippen LogP contribution is -2.25. The Labute approximate surface area is 134 Å². The maximum atomic E-state index is 12.1. The number of rotatable bonds is 6. The Hall–Kier alpha value is -2.89. The van der Waals surface area contributed by atoms with E-state index in [1.807, 2.05) is 25.1 Å². The zero-order valence-corrected chi connectivity index (χ0v) is 13.0. The molecule has 0 radical (unpaired) electrons. The van der Waals surface area contributed by atoms with Crippen LogP contribution in [0.2, 0.25) is 0 Å². The fourth-order valence-electron chi connectivity index (χ4n) is 2.28. The van der Waals surface area contributed by atoms with E-state index in [1.54, 1.807) is 13.2 Å². The van der Waals surface area contributed by atoms with Crippen LogP contribution in [0.4, 0.5) is 5.69 Å². The molecule has 23 heavy (non-hydrogen) atoms. The first-order valence-electron chi connectivity index (χ1n) is 7.17. The SMILES string of the molecule is COc1ccc(C)cc1CCNC(=O)c1cccc([N+](=O)[O-])c1. The molecule has 0 aliphatic heterocycles. The van der Waals surface area contributed by atoms with E-state index in [-0.39, 0.29) is 17.2 Å². The van der Waals surface area contributed by atoms with Crippen molar-refractivity contribution in [1.82, 2.24) is 5.32 Å². The molecule has 0 saturated heterocycles. The molecule has 0 aliphatic rings. The minimum atomic E-state index is -0.519. The fourth-order valence-corrected chi connectivity index (χ4v) is 2.28. The molecular weight excluding hydrogens is 296 g/mol. The third-order valence-electron chi connectivity index (χ3n) is 3.43. The zero-order chi connectivity index (χ0) is 16.8. The molecule has 1 amide bonds. The van der Waals surface area contributed by atoms with E-state index in [2.05, 4.69) is 5.32 Å². The highest BCUT2D eigenvalue weighted by molar-refractivity contribution is 5.94. The summed E-state index contributed by atoms with van der Waals surface area (Å²) in [5, 5.41) is 13.5. The Balaban J connectivity index is 1.99. The van der Waals surface area contributed by atoms with Gasteiger partial charge in [-0.05, 0) is 31.0 Å². The minimum absolute atomic E-state index is 0.0991. The molecule has 0 spiro atoms. The molecular formula is C17H18N2O4. The van der Waals surface area contributed by atoms with Crippen LogP contribution in [0, 0.1) is 17.0 Å². The van der Waals surface area contributed by atoms with Crippen molar-refractivity contribution in [2.45, 2.75) is 13.3 Å². The Morgan fingerprint density at radius 2 is 2.04 bits per heavy atom. The monoisotopic (exact) mass is 314 g/mol. The van der Waals surface area contributed by atoms with Crippen molar-refractivity contribution in [3.05, 3.63) is 69.3 Å². The van der Waals surface area contributed by atoms with Gasteiger partial charge in [-0.15, -0.1) is 0 Å². The summed E-state index contributed by atoms with van der Waals surface area (Å²) >= 11 is 0. The largest absolute Gasteiger partial charge is 0.496 e. The summed E-state index contributed by atoms with van der Waals surface area (Å²) in [4.78, 5) is 22.3. The number of benzene rings is 2. The average molecular weight is 314 g/mol. The molecule has 0 bridgehead atoms. The van der Waals surface area contributed by atoms with E-state index in [1.165, 1.54) is 18.2 Å². The highest BCUT2D eigenvalue weighted by Crippen LogP contribution is 2.20. The number of amides is 1. The van der Waals surface area contributed by atoms with Gasteiger partial charge in [0.25, 0.3) is 11.6 Å². The van der Waals surface area contributed by atoms with Crippen LogP contribution in [0.1, 0.15) is 21.5 Å². The topological polar surface area (TPSA) is 81.5 Å². The van der Waals surface area contributed by atoms with Crippen molar-refractivity contribution in [3.8, 4) is 5.75 Å². The molecule has 0 heterocycles. The number of nitrogens with zero attached hydrogens (tertiary/aromatic N) is 1. The maximum Gasteiger partial charge on any atom is 0.270 e. The van der Waals surface area contributed by atoms with Crippen LogP contribution in [-0.4, -0.2) is 24.5 Å². The molecule has 0 atom stereocenters. The summed E-state index contributed by atoms with van der Waals surface area (Å²) in [6.07, 6.45) is 0.617. The number of ether oxygens (including phenoxy) is 1. The molecule has 0 fully saturated rings. The van der Waals surface area contributed by atoms with E-state index in [0.29, 0.717) is 13.0 Å². The molecule has 2 aromatic carbocycles. The van der Waals surface area contributed by atoms with Gasteiger partial charge in [-0.3, -0.25) is 14.9 Å². The summed E-state index contributed by atoms with van der Waals surface area (Å²) < 4.78 is 5.30. The number of methoxy groups -OCH3 is 1. The molecule has 2 rings (SSSR count). The standard InChI is InChI=1S/C17H18N2O4/c1-12-6-7-16(23-2)13(10-12)8-9-18-17(20)14-4-3-5-15(11-14)19(21)22/h3-7,10-11H,8-9H2,1-2H3,(H,18,20). The molecule has 120 valence electrons. The van der Waals surface area contributed by atoms with Crippen molar-refractivity contribution < 1.29 is 14.5 Å². The van der Waals surface area contributed by atoms with Crippen LogP contribution in [0.15, 0.2) is 42.5 Å². The summed E-state index contributed by atoms with van der Waals surface area (Å²) in [5.41, 5.74) is 2.30. The number of hydrogen-bond donors (Lipinski definition) is 1. The summed E-state index contributed by atoms with van der Waals surface area (Å²) in [7, 11) is 1.61. The van der Waals surface area contributed by atoms with Gasteiger partial charge in [-0.25, -0.2) is 0 Å². The summed E-state index contributed by atoms with van der Waals surface area (Å²) in [6.45, 7) is 2.41. The molecule has 6 nitrogen and oxygen atoms in total. The first-order valence-corrected chi connectivity index (χ1v) is 7.17. The van der Waals surface area contributed by atoms with Crippen molar-refractivity contribution in [2.75, 3.05) is 13.7 Å². The lowest BCUT2D eigenvalue weighted by molar-refractivity contribution is -0.384. The molecule has 2 aromatic rings. The van der Waals surface area contributed by atoms with E-state index in [0.717, 1.165) is 16.9 Å². The minimum Gasteiger partial charge on any atom is -0.496 e. The van der Waals surface area contributed by atoms with Crippen LogP contribution in [0.25, 0.3) is 0 Å². The number of carbonyl (C=O) groups is 1. The molecule has 0 unspecified atom stereocenters. The van der Waals surface area contributed by atoms with Crippen molar-refractivity contribution in [1.29, 1.82) is 0 Å². The van der Waals surface area contributed by atoms with Gasteiger partial charge in [-0.2, -0.15) is 0 Å². The second kappa shape index (κ2) is 7.40. The highest BCUT2D eigenvalue weighted by atomic mass is 16.6. The van der Waals surface area contributed by atoms with Crippen LogP contribution < -0.4 is 10.1 Å². The molecule has 0 aromatic heterocycles. The second-order valence-electron chi connectivity index (χ2n) is 5.13. The molecule has 0 saturated carbocycles. The van der Waals surface area contributed by atoms with E-state index in [9.17, 15) is 14.9 Å².